The van der Waals surface area contributed by atoms with Gasteiger partial charge >= 0.3 is 0 Å². The first-order valence-corrected chi connectivity index (χ1v) is 14.7. The zero-order chi connectivity index (χ0) is 29.3. The standard InChI is InChI=1S/C35H35ClN2O3/c1-6-9-21-12-14-22(15-13-21)31(39)29-30(32(40)34(3,4)5)38-27-17-16-23(36)19-24(27)20(2)18-28(38)35(29)25-10-7-8-11-26(25)37-33(35)41/h7-8,10-19,28-30H,6,9H2,1-5H3,(H,37,41)/t28-,29+,30-,35+/m1/s1. The summed E-state index contributed by atoms with van der Waals surface area (Å²) in [7, 11) is 0. The molecular formula is C35H35ClN2O3. The number of rotatable bonds is 5. The summed E-state index contributed by atoms with van der Waals surface area (Å²) in [5.41, 5.74) is 3.71. The Balaban J connectivity index is 1.66. The number of carbonyl (C=O) groups is 3. The fourth-order valence-electron chi connectivity index (χ4n) is 7.15. The first kappa shape index (κ1) is 27.5. The lowest BCUT2D eigenvalue weighted by Gasteiger charge is -2.40. The van der Waals surface area contributed by atoms with Crippen LogP contribution < -0.4 is 10.2 Å². The molecule has 0 bridgehead atoms. The number of hydrogen-bond donors (Lipinski definition) is 1. The van der Waals surface area contributed by atoms with Crippen molar-refractivity contribution in [2.24, 2.45) is 11.3 Å². The fraction of sp³-hybridized carbons (Fsp3) is 0.343. The number of aryl methyl sites for hydroxylation is 1. The monoisotopic (exact) mass is 566 g/mol. The lowest BCUT2D eigenvalue weighted by atomic mass is 9.63. The average molecular weight is 567 g/mol. The van der Waals surface area contributed by atoms with E-state index in [1.165, 1.54) is 0 Å². The van der Waals surface area contributed by atoms with E-state index in [0.29, 0.717) is 16.3 Å². The van der Waals surface area contributed by atoms with Crippen molar-refractivity contribution in [1.82, 2.24) is 0 Å². The molecule has 5 nitrogen and oxygen atoms in total. The van der Waals surface area contributed by atoms with Crippen molar-refractivity contribution in [3.8, 4) is 0 Å². The maximum Gasteiger partial charge on any atom is 0.238 e. The molecule has 3 aliphatic rings. The minimum atomic E-state index is -1.31. The van der Waals surface area contributed by atoms with Crippen molar-refractivity contribution in [2.45, 2.75) is 65.0 Å². The number of amides is 1. The molecule has 1 saturated heterocycles. The first-order valence-electron chi connectivity index (χ1n) is 14.3. The molecule has 4 atom stereocenters. The molecule has 6 rings (SSSR count). The highest BCUT2D eigenvalue weighted by Crippen LogP contribution is 2.59. The second-order valence-electron chi connectivity index (χ2n) is 12.6. The summed E-state index contributed by atoms with van der Waals surface area (Å²) in [4.78, 5) is 45.9. The normalized spacial score (nSPS) is 24.4. The van der Waals surface area contributed by atoms with Crippen LogP contribution in [0.3, 0.4) is 0 Å². The summed E-state index contributed by atoms with van der Waals surface area (Å²) in [6, 6.07) is 19.5. The predicted molar refractivity (Wildman–Crippen MR) is 165 cm³/mol. The summed E-state index contributed by atoms with van der Waals surface area (Å²) < 4.78 is 0. The van der Waals surface area contributed by atoms with Gasteiger partial charge in [0.25, 0.3) is 0 Å². The third-order valence-electron chi connectivity index (χ3n) is 9.01. The SMILES string of the molecule is CCCc1ccc(C(=O)[C@@H]2[C@H](C(=O)C(C)(C)C)N3c4ccc(Cl)cc4C(C)=C[C@@H]3[C@]23C(=O)Nc2ccccc23)cc1. The van der Waals surface area contributed by atoms with Gasteiger partial charge in [0, 0.05) is 32.9 Å². The van der Waals surface area contributed by atoms with Crippen molar-refractivity contribution < 1.29 is 14.4 Å². The van der Waals surface area contributed by atoms with Crippen LogP contribution in [-0.4, -0.2) is 29.6 Å². The van der Waals surface area contributed by atoms with Crippen molar-refractivity contribution >= 4 is 46.0 Å². The number of anilines is 2. The summed E-state index contributed by atoms with van der Waals surface area (Å²) in [6.45, 7) is 9.77. The van der Waals surface area contributed by atoms with E-state index in [1.54, 1.807) is 0 Å². The molecule has 41 heavy (non-hydrogen) atoms. The van der Waals surface area contributed by atoms with Crippen LogP contribution in [0.2, 0.25) is 5.02 Å². The predicted octanol–water partition coefficient (Wildman–Crippen LogP) is 7.27. The molecule has 3 aliphatic heterocycles. The number of benzene rings is 3. The zero-order valence-electron chi connectivity index (χ0n) is 24.1. The van der Waals surface area contributed by atoms with E-state index < -0.39 is 28.8 Å². The molecule has 0 radical (unpaired) electrons. The molecule has 210 valence electrons. The number of para-hydroxylation sites is 1. The first-order chi connectivity index (χ1) is 19.5. The van der Waals surface area contributed by atoms with Crippen LogP contribution >= 0.6 is 11.6 Å². The number of ketones is 2. The molecule has 0 aliphatic carbocycles. The summed E-state index contributed by atoms with van der Waals surface area (Å²) in [5.74, 6) is -1.48. The number of carbonyl (C=O) groups excluding carboxylic acids is 3. The van der Waals surface area contributed by atoms with Gasteiger partial charge in [-0.3, -0.25) is 14.4 Å². The van der Waals surface area contributed by atoms with Gasteiger partial charge < -0.3 is 10.2 Å². The zero-order valence-corrected chi connectivity index (χ0v) is 24.9. The van der Waals surface area contributed by atoms with Gasteiger partial charge in [0.05, 0.1) is 12.0 Å². The Hall–Kier alpha value is -3.70. The van der Waals surface area contributed by atoms with Gasteiger partial charge in [0.2, 0.25) is 5.91 Å². The Morgan fingerprint density at radius 1 is 1.02 bits per heavy atom. The van der Waals surface area contributed by atoms with Crippen LogP contribution in [0.25, 0.3) is 5.57 Å². The van der Waals surface area contributed by atoms with E-state index >= 15 is 0 Å². The van der Waals surface area contributed by atoms with Gasteiger partial charge in [0.1, 0.15) is 11.5 Å². The minimum Gasteiger partial charge on any atom is -0.352 e. The Labute approximate surface area is 246 Å². The number of nitrogens with zero attached hydrogens (tertiary/aromatic N) is 1. The number of hydrogen-bond acceptors (Lipinski definition) is 4. The molecule has 0 unspecified atom stereocenters. The average Bonchev–Trinajstić information content (AvgIpc) is 3.40. The second kappa shape index (κ2) is 9.70. The van der Waals surface area contributed by atoms with Gasteiger partial charge in [-0.25, -0.2) is 0 Å². The van der Waals surface area contributed by atoms with Crippen molar-refractivity contribution in [3.63, 3.8) is 0 Å². The van der Waals surface area contributed by atoms with Gasteiger partial charge in [-0.2, -0.15) is 0 Å². The Kier molecular flexibility index (Phi) is 6.50. The van der Waals surface area contributed by atoms with Crippen LogP contribution in [0.1, 0.15) is 68.1 Å². The maximum atomic E-state index is 14.9. The third-order valence-corrected chi connectivity index (χ3v) is 9.24. The molecule has 3 heterocycles. The number of nitrogens with one attached hydrogen (secondary N) is 1. The van der Waals surface area contributed by atoms with Crippen molar-refractivity contribution in [2.75, 3.05) is 10.2 Å². The number of halogens is 1. The van der Waals surface area contributed by atoms with E-state index in [4.69, 9.17) is 11.6 Å². The largest absolute Gasteiger partial charge is 0.352 e. The van der Waals surface area contributed by atoms with E-state index in [1.807, 2.05) is 99.3 Å². The highest BCUT2D eigenvalue weighted by Gasteiger charge is 2.71. The van der Waals surface area contributed by atoms with Crippen LogP contribution in [0.5, 0.6) is 0 Å². The molecule has 1 N–H and O–H groups in total. The van der Waals surface area contributed by atoms with Crippen molar-refractivity contribution in [1.29, 1.82) is 0 Å². The molecule has 1 spiro atoms. The lowest BCUT2D eigenvalue weighted by Crippen LogP contribution is -2.51. The quantitative estimate of drug-likeness (QED) is 0.330. The molecule has 6 heteroatoms. The van der Waals surface area contributed by atoms with Gasteiger partial charge in [-0.1, -0.05) is 94.3 Å². The van der Waals surface area contributed by atoms with E-state index in [0.717, 1.165) is 40.8 Å². The topological polar surface area (TPSA) is 66.5 Å². The number of Topliss-reactive ketones (excluding diaryl/α,β-unsaturated/α-hetero) is 2. The molecule has 3 aromatic rings. The highest BCUT2D eigenvalue weighted by molar-refractivity contribution is 6.31. The number of allylic oxidation sites excluding steroid dienone is 1. The van der Waals surface area contributed by atoms with Gasteiger partial charge in [0.15, 0.2) is 11.6 Å². The van der Waals surface area contributed by atoms with E-state index in [2.05, 4.69) is 18.3 Å². The summed E-state index contributed by atoms with van der Waals surface area (Å²) in [5, 5.41) is 3.68. The van der Waals surface area contributed by atoms with Crippen LogP contribution in [0.15, 0.2) is 72.8 Å². The minimum absolute atomic E-state index is 0.0774. The smallest absolute Gasteiger partial charge is 0.238 e. The Bertz CT molecular complexity index is 1620. The van der Waals surface area contributed by atoms with Crippen LogP contribution in [0.4, 0.5) is 11.4 Å². The highest BCUT2D eigenvalue weighted by atomic mass is 35.5. The maximum absolute atomic E-state index is 14.9. The molecule has 3 aromatic carbocycles. The lowest BCUT2D eigenvalue weighted by molar-refractivity contribution is -0.128. The Morgan fingerprint density at radius 2 is 1.73 bits per heavy atom. The molecule has 1 fully saturated rings. The molecule has 1 amide bonds. The summed E-state index contributed by atoms with van der Waals surface area (Å²) >= 11 is 6.43. The van der Waals surface area contributed by atoms with Gasteiger partial charge in [-0.15, -0.1) is 0 Å². The van der Waals surface area contributed by atoms with E-state index in [-0.39, 0.29) is 17.5 Å². The van der Waals surface area contributed by atoms with Crippen LogP contribution in [0, 0.1) is 11.3 Å². The third kappa shape index (κ3) is 4.00. The number of fused-ring (bicyclic) bond motifs is 6. The fourth-order valence-corrected chi connectivity index (χ4v) is 7.32. The van der Waals surface area contributed by atoms with Gasteiger partial charge in [-0.05, 0) is 54.3 Å². The molecule has 0 saturated carbocycles. The molecule has 0 aromatic heterocycles. The Morgan fingerprint density at radius 3 is 2.41 bits per heavy atom. The molecular weight excluding hydrogens is 532 g/mol. The van der Waals surface area contributed by atoms with Crippen molar-refractivity contribution in [3.05, 3.63) is 100 Å². The second-order valence-corrected chi connectivity index (χ2v) is 13.0. The van der Waals surface area contributed by atoms with Crippen LogP contribution in [-0.2, 0) is 21.4 Å². The van der Waals surface area contributed by atoms with E-state index in [9.17, 15) is 14.4 Å². The summed E-state index contributed by atoms with van der Waals surface area (Å²) in [6.07, 6.45) is 3.98.